The fraction of sp³-hybridized carbons (Fsp3) is 0.333. The van der Waals surface area contributed by atoms with Gasteiger partial charge in [-0.05, 0) is 31.0 Å². The van der Waals surface area contributed by atoms with Crippen molar-refractivity contribution in [1.82, 2.24) is 0 Å². The summed E-state index contributed by atoms with van der Waals surface area (Å²) in [6.45, 7) is 3.74. The van der Waals surface area contributed by atoms with Crippen LogP contribution in [0.25, 0.3) is 0 Å². The molecule has 0 N–H and O–H groups in total. The van der Waals surface area contributed by atoms with E-state index in [1.807, 2.05) is 13.0 Å². The molecule has 1 aromatic rings. The van der Waals surface area contributed by atoms with E-state index in [9.17, 15) is 8.42 Å². The monoisotopic (exact) mass is 262 g/mol. The van der Waals surface area contributed by atoms with Crippen LogP contribution in [-0.2, 0) is 9.84 Å². The minimum atomic E-state index is -3.10. The number of hydrogen-bond donors (Lipinski definition) is 0. The van der Waals surface area contributed by atoms with Crippen molar-refractivity contribution in [2.45, 2.75) is 18.7 Å². The number of halogens is 1. The quantitative estimate of drug-likeness (QED) is 0.780. The molecule has 0 saturated heterocycles. The highest BCUT2D eigenvalue weighted by molar-refractivity contribution is 9.10. The molecule has 0 saturated carbocycles. The second-order valence-electron chi connectivity index (χ2n) is 3.14. The minimum absolute atomic E-state index is 0.393. The molecule has 72 valence electrons. The third-order valence-electron chi connectivity index (χ3n) is 1.86. The van der Waals surface area contributed by atoms with Crippen molar-refractivity contribution >= 4 is 25.8 Å². The van der Waals surface area contributed by atoms with E-state index < -0.39 is 9.84 Å². The molecular formula is C9H11BrO2S. The summed E-state index contributed by atoms with van der Waals surface area (Å²) in [6.07, 6.45) is 1.22. The van der Waals surface area contributed by atoms with Crippen LogP contribution < -0.4 is 0 Å². The Morgan fingerprint density at radius 3 is 2.15 bits per heavy atom. The third-order valence-corrected chi connectivity index (χ3v) is 3.95. The average Bonchev–Trinajstić information content (AvgIpc) is 1.94. The molecule has 0 aliphatic heterocycles. The van der Waals surface area contributed by atoms with Crippen molar-refractivity contribution in [2.24, 2.45) is 0 Å². The van der Waals surface area contributed by atoms with Gasteiger partial charge in [-0.3, -0.25) is 0 Å². The van der Waals surface area contributed by atoms with Crippen molar-refractivity contribution in [3.8, 4) is 0 Å². The van der Waals surface area contributed by atoms with Crippen molar-refractivity contribution in [3.63, 3.8) is 0 Å². The van der Waals surface area contributed by atoms with Crippen LogP contribution in [0.2, 0.25) is 0 Å². The van der Waals surface area contributed by atoms with Gasteiger partial charge in [0.25, 0.3) is 0 Å². The summed E-state index contributed by atoms with van der Waals surface area (Å²) >= 11 is 3.31. The summed E-state index contributed by atoms with van der Waals surface area (Å²) < 4.78 is 23.4. The Bertz CT molecular complexity index is 435. The van der Waals surface area contributed by atoms with Crippen molar-refractivity contribution in [3.05, 3.63) is 27.7 Å². The highest BCUT2D eigenvalue weighted by Gasteiger charge is 2.11. The standard InChI is InChI=1S/C9H11BrO2S/c1-6-4-7(2)9(5-8(6)10)13(3,11)12/h4-5H,1-3H3. The first-order chi connectivity index (χ1) is 5.82. The smallest absolute Gasteiger partial charge is 0.175 e. The zero-order valence-corrected chi connectivity index (χ0v) is 10.2. The average molecular weight is 263 g/mol. The Balaban J connectivity index is 3.50. The van der Waals surface area contributed by atoms with Gasteiger partial charge in [0.2, 0.25) is 0 Å². The van der Waals surface area contributed by atoms with Crippen LogP contribution in [0.3, 0.4) is 0 Å². The summed E-state index contributed by atoms with van der Waals surface area (Å²) in [5.74, 6) is 0. The van der Waals surface area contributed by atoms with Crippen LogP contribution in [0.5, 0.6) is 0 Å². The van der Waals surface area contributed by atoms with Gasteiger partial charge in [0.15, 0.2) is 9.84 Å². The zero-order valence-electron chi connectivity index (χ0n) is 7.76. The van der Waals surface area contributed by atoms with Gasteiger partial charge in [-0.1, -0.05) is 22.0 Å². The van der Waals surface area contributed by atoms with E-state index in [0.717, 1.165) is 15.6 Å². The first-order valence-corrected chi connectivity index (χ1v) is 6.47. The SMILES string of the molecule is Cc1cc(C)c(S(C)(=O)=O)cc1Br. The topological polar surface area (TPSA) is 34.1 Å². The van der Waals surface area contributed by atoms with Crippen LogP contribution in [0, 0.1) is 13.8 Å². The maximum absolute atomic E-state index is 11.3. The zero-order chi connectivity index (χ0) is 10.2. The molecule has 0 aliphatic carbocycles. The van der Waals surface area contributed by atoms with Gasteiger partial charge in [0.05, 0.1) is 4.90 Å². The maximum atomic E-state index is 11.3. The second-order valence-corrected chi connectivity index (χ2v) is 5.98. The Labute approximate surface area is 87.0 Å². The summed E-state index contributed by atoms with van der Waals surface area (Å²) in [5.41, 5.74) is 1.84. The minimum Gasteiger partial charge on any atom is -0.224 e. The Kier molecular flexibility index (Phi) is 2.82. The predicted molar refractivity (Wildman–Crippen MR) is 56.7 cm³/mol. The van der Waals surface area contributed by atoms with Crippen LogP contribution >= 0.6 is 15.9 Å². The molecule has 0 radical (unpaired) electrons. The lowest BCUT2D eigenvalue weighted by Crippen LogP contribution is -2.00. The number of rotatable bonds is 1. The van der Waals surface area contributed by atoms with E-state index >= 15 is 0 Å². The van der Waals surface area contributed by atoms with Gasteiger partial charge in [-0.2, -0.15) is 0 Å². The molecule has 13 heavy (non-hydrogen) atoms. The van der Waals surface area contributed by atoms with Crippen molar-refractivity contribution in [1.29, 1.82) is 0 Å². The van der Waals surface area contributed by atoms with E-state index in [-0.39, 0.29) is 0 Å². The first-order valence-electron chi connectivity index (χ1n) is 3.79. The Hall–Kier alpha value is -0.350. The number of benzene rings is 1. The lowest BCUT2D eigenvalue weighted by molar-refractivity contribution is 0.601. The number of hydrogen-bond acceptors (Lipinski definition) is 2. The lowest BCUT2D eigenvalue weighted by atomic mass is 10.2. The van der Waals surface area contributed by atoms with Crippen LogP contribution in [0.4, 0.5) is 0 Å². The highest BCUT2D eigenvalue weighted by atomic mass is 79.9. The van der Waals surface area contributed by atoms with Gasteiger partial charge in [-0.15, -0.1) is 0 Å². The lowest BCUT2D eigenvalue weighted by Gasteiger charge is -2.06. The van der Waals surface area contributed by atoms with Crippen molar-refractivity contribution < 1.29 is 8.42 Å². The molecular weight excluding hydrogens is 252 g/mol. The number of aryl methyl sites for hydroxylation is 2. The van der Waals surface area contributed by atoms with Gasteiger partial charge < -0.3 is 0 Å². The second kappa shape index (κ2) is 3.42. The summed E-state index contributed by atoms with van der Waals surface area (Å²) in [7, 11) is -3.10. The van der Waals surface area contributed by atoms with Gasteiger partial charge >= 0.3 is 0 Å². The molecule has 0 fully saturated rings. The molecule has 2 nitrogen and oxygen atoms in total. The van der Waals surface area contributed by atoms with E-state index in [4.69, 9.17) is 0 Å². The third kappa shape index (κ3) is 2.31. The molecule has 0 aliphatic rings. The van der Waals surface area contributed by atoms with Crippen molar-refractivity contribution in [2.75, 3.05) is 6.26 Å². The molecule has 0 bridgehead atoms. The Morgan fingerprint density at radius 2 is 1.69 bits per heavy atom. The van der Waals surface area contributed by atoms with E-state index in [2.05, 4.69) is 15.9 Å². The van der Waals surface area contributed by atoms with Crippen LogP contribution in [0.1, 0.15) is 11.1 Å². The fourth-order valence-corrected chi connectivity index (χ4v) is 2.68. The first kappa shape index (κ1) is 10.7. The molecule has 0 atom stereocenters. The fourth-order valence-electron chi connectivity index (χ4n) is 1.21. The number of sulfone groups is 1. The van der Waals surface area contributed by atoms with Crippen LogP contribution in [0.15, 0.2) is 21.5 Å². The molecule has 0 unspecified atom stereocenters. The van der Waals surface area contributed by atoms with E-state index in [0.29, 0.717) is 4.90 Å². The summed E-state index contributed by atoms with van der Waals surface area (Å²) in [6, 6.07) is 3.51. The highest BCUT2D eigenvalue weighted by Crippen LogP contribution is 2.24. The van der Waals surface area contributed by atoms with Gasteiger partial charge in [0, 0.05) is 10.7 Å². The molecule has 0 aromatic heterocycles. The van der Waals surface area contributed by atoms with E-state index in [1.54, 1.807) is 13.0 Å². The van der Waals surface area contributed by atoms with E-state index in [1.165, 1.54) is 6.26 Å². The predicted octanol–water partition coefficient (Wildman–Crippen LogP) is 2.47. The molecule has 4 heteroatoms. The maximum Gasteiger partial charge on any atom is 0.175 e. The Morgan fingerprint density at radius 1 is 1.15 bits per heavy atom. The molecule has 1 aromatic carbocycles. The summed E-state index contributed by atoms with van der Waals surface area (Å²) in [4.78, 5) is 0.393. The van der Waals surface area contributed by atoms with Gasteiger partial charge in [0.1, 0.15) is 0 Å². The molecule has 0 amide bonds. The molecule has 0 spiro atoms. The normalized spacial score (nSPS) is 11.7. The van der Waals surface area contributed by atoms with Gasteiger partial charge in [-0.25, -0.2) is 8.42 Å². The molecule has 1 rings (SSSR count). The van der Waals surface area contributed by atoms with Crippen LogP contribution in [-0.4, -0.2) is 14.7 Å². The largest absolute Gasteiger partial charge is 0.224 e. The molecule has 0 heterocycles. The summed E-state index contributed by atoms with van der Waals surface area (Å²) in [5, 5.41) is 0.